The number of amides is 1. The van der Waals surface area contributed by atoms with Gasteiger partial charge in [-0.05, 0) is 59.8 Å². The Labute approximate surface area is 247 Å². The number of allylic oxidation sites excluding steroid dienone is 2. The molecule has 1 fully saturated rings. The molecule has 2 N–H and O–H groups in total. The lowest BCUT2D eigenvalue weighted by Gasteiger charge is -2.32. The first kappa shape index (κ1) is 29.2. The Balaban J connectivity index is 1.18. The summed E-state index contributed by atoms with van der Waals surface area (Å²) >= 11 is 1.40. The number of hydrogen-bond acceptors (Lipinski definition) is 5. The lowest BCUT2D eigenvalue weighted by molar-refractivity contribution is -0.139. The van der Waals surface area contributed by atoms with Crippen molar-refractivity contribution in [2.24, 2.45) is 11.8 Å². The Morgan fingerprint density at radius 1 is 0.951 bits per heavy atom. The molecule has 2 aliphatic carbocycles. The number of aliphatic carboxylic acids is 1. The van der Waals surface area contributed by atoms with Crippen LogP contribution >= 0.6 is 11.3 Å². The van der Waals surface area contributed by atoms with Crippen LogP contribution in [-0.4, -0.2) is 33.0 Å². The molecule has 0 bridgehead atoms. The van der Waals surface area contributed by atoms with Crippen molar-refractivity contribution < 1.29 is 14.7 Å². The summed E-state index contributed by atoms with van der Waals surface area (Å²) in [7, 11) is 0. The number of nitrogens with zero attached hydrogens (tertiary/aromatic N) is 2. The third-order valence-corrected chi connectivity index (χ3v) is 10.1. The maximum Gasteiger partial charge on any atom is 0.326 e. The standard InChI is InChI=1S/C34H41N3O3S/c1-34(2,3)30-18-17-29(41-30)32(38)37-28(33(39)40)19-22-9-11-26(12-10-22)31-35-20-27(21-36-31)25-15-13-24(14-16-25)23-7-5-4-6-8-23/h9-12,15,17-18,20-21,23-24,28H,4-8,13-14,16,19H2,1-3H3,(H,37,38)(H,39,40)/t24?,28-/m0/s1. The van der Waals surface area contributed by atoms with Gasteiger partial charge in [0.1, 0.15) is 6.04 Å². The molecule has 6 nitrogen and oxygen atoms in total. The Kier molecular flexibility index (Phi) is 9.03. The number of hydrogen-bond donors (Lipinski definition) is 2. The van der Waals surface area contributed by atoms with E-state index in [1.165, 1.54) is 61.9 Å². The summed E-state index contributed by atoms with van der Waals surface area (Å²) in [6.07, 6.45) is 17.0. The molecule has 1 aromatic carbocycles. The maximum absolute atomic E-state index is 12.8. The molecule has 1 unspecified atom stereocenters. The van der Waals surface area contributed by atoms with Crippen LogP contribution in [0, 0.1) is 11.8 Å². The van der Waals surface area contributed by atoms with E-state index in [9.17, 15) is 14.7 Å². The molecule has 5 rings (SSSR count). The Morgan fingerprint density at radius 2 is 1.66 bits per heavy atom. The minimum absolute atomic E-state index is 0.0634. The summed E-state index contributed by atoms with van der Waals surface area (Å²) in [4.78, 5) is 35.6. The van der Waals surface area contributed by atoms with E-state index >= 15 is 0 Å². The molecule has 1 amide bonds. The third kappa shape index (κ3) is 7.31. The van der Waals surface area contributed by atoms with E-state index in [4.69, 9.17) is 0 Å². The number of carbonyl (C=O) groups is 2. The predicted molar refractivity (Wildman–Crippen MR) is 165 cm³/mol. The van der Waals surface area contributed by atoms with Gasteiger partial charge in [-0.25, -0.2) is 14.8 Å². The van der Waals surface area contributed by atoms with Crippen LogP contribution in [0.15, 0.2) is 54.9 Å². The summed E-state index contributed by atoms with van der Waals surface area (Å²) in [5, 5.41) is 12.5. The van der Waals surface area contributed by atoms with Crippen LogP contribution in [0.3, 0.4) is 0 Å². The van der Waals surface area contributed by atoms with Gasteiger partial charge in [-0.15, -0.1) is 11.3 Å². The minimum atomic E-state index is -1.06. The number of benzene rings is 1. The van der Waals surface area contributed by atoms with Gasteiger partial charge in [0.25, 0.3) is 5.91 Å². The third-order valence-electron chi connectivity index (χ3n) is 8.61. The summed E-state index contributed by atoms with van der Waals surface area (Å²) in [5.74, 6) is 0.973. The summed E-state index contributed by atoms with van der Waals surface area (Å²) in [5.41, 5.74) is 4.09. The highest BCUT2D eigenvalue weighted by Crippen LogP contribution is 2.39. The van der Waals surface area contributed by atoms with Gasteiger partial charge in [0.2, 0.25) is 0 Å². The second kappa shape index (κ2) is 12.7. The fourth-order valence-corrected chi connectivity index (χ4v) is 7.08. The number of rotatable bonds is 8. The smallest absolute Gasteiger partial charge is 0.326 e. The first-order valence-electron chi connectivity index (χ1n) is 14.9. The van der Waals surface area contributed by atoms with Crippen molar-refractivity contribution in [3.63, 3.8) is 0 Å². The van der Waals surface area contributed by atoms with Crippen LogP contribution in [0.4, 0.5) is 0 Å². The van der Waals surface area contributed by atoms with Crippen LogP contribution in [-0.2, 0) is 16.6 Å². The first-order valence-corrected chi connectivity index (χ1v) is 15.7. The molecular formula is C34H41N3O3S. The molecule has 2 aromatic heterocycles. The summed E-state index contributed by atoms with van der Waals surface area (Å²) in [6, 6.07) is 10.3. The normalized spacial score (nSPS) is 18.9. The summed E-state index contributed by atoms with van der Waals surface area (Å²) < 4.78 is 0. The molecule has 0 saturated heterocycles. The van der Waals surface area contributed by atoms with Crippen molar-refractivity contribution in [3.8, 4) is 11.4 Å². The summed E-state index contributed by atoms with van der Waals surface area (Å²) in [6.45, 7) is 6.26. The molecule has 0 spiro atoms. The van der Waals surface area contributed by atoms with Gasteiger partial charge in [0.15, 0.2) is 5.82 Å². The second-order valence-corrected chi connectivity index (χ2v) is 13.7. The molecule has 3 aromatic rings. The van der Waals surface area contributed by atoms with Crippen molar-refractivity contribution >= 4 is 28.8 Å². The number of carboxylic acid groups (broad SMARTS) is 1. The molecule has 2 aliphatic rings. The fourth-order valence-electron chi connectivity index (χ4n) is 6.11. The van der Waals surface area contributed by atoms with Gasteiger partial charge >= 0.3 is 5.97 Å². The molecule has 216 valence electrons. The van der Waals surface area contributed by atoms with E-state index in [0.29, 0.717) is 10.7 Å². The van der Waals surface area contributed by atoms with Crippen molar-refractivity contribution in [3.05, 3.63) is 75.7 Å². The molecule has 41 heavy (non-hydrogen) atoms. The van der Waals surface area contributed by atoms with Gasteiger partial charge in [-0.2, -0.15) is 0 Å². The predicted octanol–water partition coefficient (Wildman–Crippen LogP) is 7.69. The van der Waals surface area contributed by atoms with Crippen molar-refractivity contribution in [2.45, 2.75) is 90.0 Å². The monoisotopic (exact) mass is 571 g/mol. The van der Waals surface area contributed by atoms with Crippen molar-refractivity contribution in [1.82, 2.24) is 15.3 Å². The van der Waals surface area contributed by atoms with Crippen LogP contribution < -0.4 is 5.32 Å². The highest BCUT2D eigenvalue weighted by Gasteiger charge is 2.26. The highest BCUT2D eigenvalue weighted by atomic mass is 32.1. The van der Waals surface area contributed by atoms with E-state index in [-0.39, 0.29) is 17.7 Å². The van der Waals surface area contributed by atoms with Gasteiger partial charge < -0.3 is 10.4 Å². The lowest BCUT2D eigenvalue weighted by atomic mass is 9.73. The second-order valence-electron chi connectivity index (χ2n) is 12.6. The fraction of sp³-hybridized carbons (Fsp3) is 0.471. The van der Waals surface area contributed by atoms with E-state index in [0.717, 1.165) is 39.8 Å². The van der Waals surface area contributed by atoms with Crippen LogP contribution in [0.2, 0.25) is 0 Å². The van der Waals surface area contributed by atoms with E-state index in [1.54, 1.807) is 6.07 Å². The zero-order valence-electron chi connectivity index (χ0n) is 24.4. The quantitative estimate of drug-likeness (QED) is 0.289. The topological polar surface area (TPSA) is 92.2 Å². The number of carboxylic acids is 1. The van der Waals surface area contributed by atoms with Gasteiger partial charge in [0, 0.05) is 34.8 Å². The highest BCUT2D eigenvalue weighted by molar-refractivity contribution is 7.14. The zero-order valence-corrected chi connectivity index (χ0v) is 25.2. The lowest BCUT2D eigenvalue weighted by Crippen LogP contribution is -2.42. The first-order chi connectivity index (χ1) is 19.7. The molecule has 0 radical (unpaired) electrons. The van der Waals surface area contributed by atoms with Crippen LogP contribution in [0.25, 0.3) is 17.0 Å². The van der Waals surface area contributed by atoms with Gasteiger partial charge in [-0.3, -0.25) is 4.79 Å². The Hall–Kier alpha value is -3.32. The largest absolute Gasteiger partial charge is 0.480 e. The SMILES string of the molecule is CC(C)(C)c1ccc(C(=O)N[C@@H](Cc2ccc(-c3ncc(C4=CCC(C5CCCCC5)CC4)cn3)cc2)C(=O)O)s1. The minimum Gasteiger partial charge on any atom is -0.480 e. The molecule has 2 atom stereocenters. The zero-order chi connectivity index (χ0) is 29.0. The molecular weight excluding hydrogens is 530 g/mol. The number of thiophene rings is 1. The number of aromatic nitrogens is 2. The Morgan fingerprint density at radius 3 is 2.24 bits per heavy atom. The average molecular weight is 572 g/mol. The average Bonchev–Trinajstić information content (AvgIpc) is 3.50. The van der Waals surface area contributed by atoms with E-state index in [2.05, 4.69) is 42.1 Å². The van der Waals surface area contributed by atoms with E-state index < -0.39 is 12.0 Å². The van der Waals surface area contributed by atoms with Crippen LogP contribution in [0.1, 0.15) is 97.8 Å². The molecule has 2 heterocycles. The molecule has 0 aliphatic heterocycles. The molecule has 1 saturated carbocycles. The molecule has 7 heteroatoms. The number of carbonyl (C=O) groups excluding carboxylic acids is 1. The maximum atomic E-state index is 12.8. The van der Waals surface area contributed by atoms with Crippen molar-refractivity contribution in [1.29, 1.82) is 0 Å². The van der Waals surface area contributed by atoms with Crippen LogP contribution in [0.5, 0.6) is 0 Å². The number of nitrogens with one attached hydrogen (secondary N) is 1. The van der Waals surface area contributed by atoms with E-state index in [1.807, 2.05) is 42.7 Å². The van der Waals surface area contributed by atoms with Crippen molar-refractivity contribution in [2.75, 3.05) is 0 Å². The Bertz CT molecular complexity index is 1380. The van der Waals surface area contributed by atoms with Gasteiger partial charge in [0.05, 0.1) is 4.88 Å². The van der Waals surface area contributed by atoms with Gasteiger partial charge in [-0.1, -0.05) is 83.2 Å².